The second-order valence-corrected chi connectivity index (χ2v) is 5.62. The van der Waals surface area contributed by atoms with Crippen LogP contribution in [0.2, 0.25) is 0 Å². The van der Waals surface area contributed by atoms with Crippen molar-refractivity contribution in [3.05, 3.63) is 23.8 Å². The third-order valence-corrected chi connectivity index (χ3v) is 3.97. The summed E-state index contributed by atoms with van der Waals surface area (Å²) in [5, 5.41) is 16.2. The van der Waals surface area contributed by atoms with Crippen LogP contribution in [0.25, 0.3) is 0 Å². The van der Waals surface area contributed by atoms with Crippen molar-refractivity contribution in [2.45, 2.75) is 51.2 Å². The fourth-order valence-electron chi connectivity index (χ4n) is 2.75. The van der Waals surface area contributed by atoms with Gasteiger partial charge < -0.3 is 21.5 Å². The molecular weight excluding hydrogens is 266 g/mol. The number of anilines is 2. The molecule has 5 nitrogen and oxygen atoms in total. The third kappa shape index (κ3) is 4.11. The second-order valence-electron chi connectivity index (χ2n) is 5.62. The quantitative estimate of drug-likeness (QED) is 0.505. The molecule has 2 unspecified atom stereocenters. The third-order valence-electron chi connectivity index (χ3n) is 3.97. The molecule has 1 aromatic rings. The molecule has 0 spiro atoms. The van der Waals surface area contributed by atoms with Gasteiger partial charge in [0.15, 0.2) is 0 Å². The van der Waals surface area contributed by atoms with E-state index in [1.54, 1.807) is 12.1 Å². The lowest BCUT2D eigenvalue weighted by Gasteiger charge is -2.24. The molecule has 0 heterocycles. The maximum absolute atomic E-state index is 11.8. The molecule has 1 aliphatic carbocycles. The molecule has 0 aromatic heterocycles. The molecule has 21 heavy (non-hydrogen) atoms. The maximum Gasteiger partial charge on any atom is 0.251 e. The van der Waals surface area contributed by atoms with Crippen LogP contribution in [0, 0.1) is 0 Å². The van der Waals surface area contributed by atoms with Gasteiger partial charge in [-0.15, -0.1) is 0 Å². The van der Waals surface area contributed by atoms with Gasteiger partial charge in [-0.2, -0.15) is 0 Å². The van der Waals surface area contributed by atoms with Gasteiger partial charge in [0.05, 0.1) is 23.5 Å². The largest absolute Gasteiger partial charge is 0.397 e. The van der Waals surface area contributed by atoms with E-state index in [1.807, 2.05) is 13.0 Å². The van der Waals surface area contributed by atoms with Crippen LogP contribution in [0.5, 0.6) is 0 Å². The van der Waals surface area contributed by atoms with Gasteiger partial charge in [0.1, 0.15) is 0 Å². The lowest BCUT2D eigenvalue weighted by atomic mass is 10.0. The molecule has 0 aliphatic heterocycles. The number of aliphatic hydroxyl groups is 1. The summed E-state index contributed by atoms with van der Waals surface area (Å²) < 4.78 is 0. The summed E-state index contributed by atoms with van der Waals surface area (Å²) in [7, 11) is 0. The zero-order valence-corrected chi connectivity index (χ0v) is 12.6. The van der Waals surface area contributed by atoms with Crippen LogP contribution >= 0.6 is 0 Å². The normalized spacial score (nSPS) is 22.4. The fourth-order valence-corrected chi connectivity index (χ4v) is 2.75. The average Bonchev–Trinajstić information content (AvgIpc) is 2.66. The Labute approximate surface area is 125 Å². The topological polar surface area (TPSA) is 87.4 Å². The Morgan fingerprint density at radius 3 is 2.81 bits per heavy atom. The number of hydrogen-bond acceptors (Lipinski definition) is 4. The smallest absolute Gasteiger partial charge is 0.251 e. The number of nitrogens with one attached hydrogen (secondary N) is 2. The van der Waals surface area contributed by atoms with E-state index in [-0.39, 0.29) is 18.1 Å². The molecular formula is C16H25N3O2. The van der Waals surface area contributed by atoms with Gasteiger partial charge >= 0.3 is 0 Å². The molecule has 2 atom stereocenters. The average molecular weight is 291 g/mol. The minimum atomic E-state index is -0.338. The van der Waals surface area contributed by atoms with Crippen molar-refractivity contribution in [3.63, 3.8) is 0 Å². The summed E-state index contributed by atoms with van der Waals surface area (Å²) in [4.78, 5) is 11.8. The first kappa shape index (κ1) is 15.6. The van der Waals surface area contributed by atoms with Crippen molar-refractivity contribution in [2.75, 3.05) is 17.6 Å². The maximum atomic E-state index is 11.8. The zero-order valence-electron chi connectivity index (χ0n) is 12.6. The molecule has 5 heteroatoms. The van der Waals surface area contributed by atoms with E-state index < -0.39 is 0 Å². The van der Waals surface area contributed by atoms with Crippen molar-refractivity contribution in [3.8, 4) is 0 Å². The summed E-state index contributed by atoms with van der Waals surface area (Å²) in [6, 6.07) is 5.28. The van der Waals surface area contributed by atoms with Gasteiger partial charge in [-0.3, -0.25) is 4.79 Å². The number of amides is 1. The standard InChI is InChI=1S/C16H25N3O2/c1-2-18-16(21)11-8-9-13(12(17)10-11)19-14-6-4-3-5-7-15(14)20/h8-10,14-15,19-20H,2-7,17H2,1H3,(H,18,21). The predicted molar refractivity (Wildman–Crippen MR) is 85.4 cm³/mol. The summed E-state index contributed by atoms with van der Waals surface area (Å²) in [5.41, 5.74) is 7.91. The zero-order chi connectivity index (χ0) is 15.2. The minimum absolute atomic E-state index is 0.0325. The van der Waals surface area contributed by atoms with E-state index in [4.69, 9.17) is 5.73 Å². The first-order chi connectivity index (χ1) is 10.1. The number of carbonyl (C=O) groups is 1. The number of nitrogens with two attached hydrogens (primary N) is 1. The highest BCUT2D eigenvalue weighted by atomic mass is 16.3. The van der Waals surface area contributed by atoms with Gasteiger partial charge in [0, 0.05) is 12.1 Å². The highest BCUT2D eigenvalue weighted by Gasteiger charge is 2.22. The molecule has 5 N–H and O–H groups in total. The molecule has 0 bridgehead atoms. The van der Waals surface area contributed by atoms with Gasteiger partial charge in [-0.05, 0) is 38.0 Å². The molecule has 1 fully saturated rings. The van der Waals surface area contributed by atoms with E-state index >= 15 is 0 Å². The molecule has 1 saturated carbocycles. The number of carbonyl (C=O) groups excluding carboxylic acids is 1. The van der Waals surface area contributed by atoms with Crippen molar-refractivity contribution in [1.29, 1.82) is 0 Å². The minimum Gasteiger partial charge on any atom is -0.397 e. The van der Waals surface area contributed by atoms with Gasteiger partial charge in [-0.25, -0.2) is 0 Å². The molecule has 1 aliphatic rings. The van der Waals surface area contributed by atoms with E-state index in [0.717, 1.165) is 31.4 Å². The summed E-state index contributed by atoms with van der Waals surface area (Å²) in [5.74, 6) is -0.120. The summed E-state index contributed by atoms with van der Waals surface area (Å²) >= 11 is 0. The Balaban J connectivity index is 2.08. The lowest BCUT2D eigenvalue weighted by Crippen LogP contribution is -2.32. The van der Waals surface area contributed by atoms with Crippen molar-refractivity contribution < 1.29 is 9.90 Å². The van der Waals surface area contributed by atoms with Crippen LogP contribution in [0.4, 0.5) is 11.4 Å². The Bertz CT molecular complexity index is 490. The Kier molecular flexibility index (Phi) is 5.44. The molecule has 0 radical (unpaired) electrons. The van der Waals surface area contributed by atoms with Crippen LogP contribution in [0.15, 0.2) is 18.2 Å². The van der Waals surface area contributed by atoms with E-state index in [2.05, 4.69) is 10.6 Å². The number of benzene rings is 1. The molecule has 116 valence electrons. The SMILES string of the molecule is CCNC(=O)c1ccc(NC2CCCCCC2O)c(N)c1. The van der Waals surface area contributed by atoms with E-state index in [9.17, 15) is 9.90 Å². The van der Waals surface area contributed by atoms with Crippen molar-refractivity contribution >= 4 is 17.3 Å². The Morgan fingerprint density at radius 2 is 2.10 bits per heavy atom. The highest BCUT2D eigenvalue weighted by molar-refractivity contribution is 5.96. The first-order valence-electron chi connectivity index (χ1n) is 7.74. The lowest BCUT2D eigenvalue weighted by molar-refractivity contribution is 0.0956. The molecule has 1 aromatic carbocycles. The monoisotopic (exact) mass is 291 g/mol. The summed E-state index contributed by atoms with van der Waals surface area (Å²) in [6.07, 6.45) is 4.79. The number of aliphatic hydroxyl groups excluding tert-OH is 1. The van der Waals surface area contributed by atoms with Crippen LogP contribution in [-0.2, 0) is 0 Å². The van der Waals surface area contributed by atoms with Gasteiger partial charge in [0.25, 0.3) is 5.91 Å². The first-order valence-corrected chi connectivity index (χ1v) is 7.74. The number of nitrogen functional groups attached to an aromatic ring is 1. The Hall–Kier alpha value is -1.75. The molecule has 2 rings (SSSR count). The molecule has 0 saturated heterocycles. The summed E-state index contributed by atoms with van der Waals surface area (Å²) in [6.45, 7) is 2.47. The van der Waals surface area contributed by atoms with Crippen LogP contribution in [-0.4, -0.2) is 29.7 Å². The highest BCUT2D eigenvalue weighted by Crippen LogP contribution is 2.25. The second kappa shape index (κ2) is 7.31. The molecule has 1 amide bonds. The van der Waals surface area contributed by atoms with Crippen molar-refractivity contribution in [2.24, 2.45) is 0 Å². The Morgan fingerprint density at radius 1 is 1.33 bits per heavy atom. The van der Waals surface area contributed by atoms with E-state index in [0.29, 0.717) is 17.8 Å². The van der Waals surface area contributed by atoms with Gasteiger partial charge in [-0.1, -0.05) is 19.3 Å². The fraction of sp³-hybridized carbons (Fsp3) is 0.562. The van der Waals surface area contributed by atoms with Crippen LogP contribution in [0.1, 0.15) is 49.4 Å². The number of hydrogen-bond donors (Lipinski definition) is 4. The predicted octanol–water partition coefficient (Wildman–Crippen LogP) is 2.12. The van der Waals surface area contributed by atoms with Crippen LogP contribution in [0.3, 0.4) is 0 Å². The number of rotatable bonds is 4. The van der Waals surface area contributed by atoms with E-state index in [1.165, 1.54) is 6.42 Å². The van der Waals surface area contributed by atoms with Gasteiger partial charge in [0.2, 0.25) is 0 Å². The van der Waals surface area contributed by atoms with Crippen molar-refractivity contribution in [1.82, 2.24) is 5.32 Å². The van der Waals surface area contributed by atoms with Crippen LogP contribution < -0.4 is 16.4 Å².